The topological polar surface area (TPSA) is 21.7 Å². The summed E-state index contributed by atoms with van der Waals surface area (Å²) in [6.07, 6.45) is 0. The molecule has 0 N–H and O–H groups in total. The molecule has 4 heteroatoms. The van der Waals surface area contributed by atoms with Gasteiger partial charge in [0.2, 0.25) is 0 Å². The molecule has 0 atom stereocenters. The molecule has 217 valence electrons. The second-order valence-electron chi connectivity index (χ2n) is 13.5. The Labute approximate surface area is 261 Å². The van der Waals surface area contributed by atoms with Gasteiger partial charge in [-0.05, 0) is 88.7 Å². The smallest absolute Gasteiger partial charge is 0.260 e. The van der Waals surface area contributed by atoms with Gasteiger partial charge in [0.1, 0.15) is 29.0 Å². The summed E-state index contributed by atoms with van der Waals surface area (Å²) in [4.78, 5) is 2.61. The van der Waals surface area contributed by atoms with Crippen LogP contribution in [0.4, 0.5) is 5.69 Å². The van der Waals surface area contributed by atoms with Crippen molar-refractivity contribution in [3.05, 3.63) is 137 Å². The molecule has 0 unspecified atom stereocenters. The molecular weight excluding hydrogens is 537 g/mol. The summed E-state index contributed by atoms with van der Waals surface area (Å²) in [5, 5.41) is 0. The maximum Gasteiger partial charge on any atom is 0.260 e. The van der Waals surface area contributed by atoms with E-state index >= 15 is 0 Å². The van der Waals surface area contributed by atoms with Crippen LogP contribution >= 0.6 is 0 Å². The SMILES string of the molecule is CC(C)c1cccc(C(C)C)c1N1[C](c2cc3c4c(c2)Oc2ccccc2B4c2ccccc2O3)c2ccccc2C1(C)C. The Bertz CT molecular complexity index is 1840. The van der Waals surface area contributed by atoms with E-state index in [0.29, 0.717) is 11.8 Å². The molecule has 44 heavy (non-hydrogen) atoms. The summed E-state index contributed by atoms with van der Waals surface area (Å²) < 4.78 is 13.5. The number of fused-ring (bicyclic) bond motifs is 5. The van der Waals surface area contributed by atoms with Gasteiger partial charge in [-0.25, -0.2) is 0 Å². The number of hydrogen-bond donors (Lipinski definition) is 0. The first-order chi connectivity index (χ1) is 21.3. The standard InChI is InChI=1S/C40H37BNO2/c1-24(2)27-15-13-16-28(25(3)4)39(27)42-38(29-14-7-8-17-30(29)40(42,5)6)26-22-35-37-36(23-26)44-34-21-12-10-19-32(34)41(37)31-18-9-11-20-33(31)43-35/h7-25H,1-6H3. The first-order valence-corrected chi connectivity index (χ1v) is 15.9. The quantitative estimate of drug-likeness (QED) is 0.197. The molecule has 1 radical (unpaired) electrons. The average Bonchev–Trinajstić information content (AvgIpc) is 3.26. The zero-order valence-corrected chi connectivity index (χ0v) is 26.3. The fourth-order valence-electron chi connectivity index (χ4n) is 7.72. The van der Waals surface area contributed by atoms with Gasteiger partial charge < -0.3 is 14.4 Å². The third-order valence-electron chi connectivity index (χ3n) is 9.76. The molecule has 3 aliphatic heterocycles. The van der Waals surface area contributed by atoms with Crippen molar-refractivity contribution in [2.75, 3.05) is 4.90 Å². The van der Waals surface area contributed by atoms with Gasteiger partial charge in [-0.15, -0.1) is 0 Å². The van der Waals surface area contributed by atoms with Gasteiger partial charge in [-0.2, -0.15) is 0 Å². The van der Waals surface area contributed by atoms with E-state index in [9.17, 15) is 0 Å². The first kappa shape index (κ1) is 27.1. The normalized spacial score (nSPS) is 15.8. The van der Waals surface area contributed by atoms with Crippen LogP contribution in [0.15, 0.2) is 103 Å². The van der Waals surface area contributed by atoms with Gasteiger partial charge in [0.15, 0.2) is 0 Å². The lowest BCUT2D eigenvalue weighted by atomic mass is 9.35. The second-order valence-corrected chi connectivity index (χ2v) is 13.5. The van der Waals surface area contributed by atoms with Gasteiger partial charge in [-0.3, -0.25) is 0 Å². The van der Waals surface area contributed by atoms with Crippen molar-refractivity contribution in [2.24, 2.45) is 0 Å². The van der Waals surface area contributed by atoms with E-state index in [2.05, 4.69) is 150 Å². The van der Waals surface area contributed by atoms with Gasteiger partial charge in [0, 0.05) is 11.2 Å². The van der Waals surface area contributed by atoms with Crippen molar-refractivity contribution in [3.63, 3.8) is 0 Å². The van der Waals surface area contributed by atoms with Crippen LogP contribution in [0.5, 0.6) is 23.0 Å². The first-order valence-electron chi connectivity index (χ1n) is 15.9. The number of benzene rings is 5. The van der Waals surface area contributed by atoms with Crippen LogP contribution in [0.3, 0.4) is 0 Å². The summed E-state index contributed by atoms with van der Waals surface area (Å²) in [6, 6.07) is 38.3. The Morgan fingerprint density at radius 3 is 1.70 bits per heavy atom. The predicted octanol–water partition coefficient (Wildman–Crippen LogP) is 8.34. The zero-order valence-electron chi connectivity index (χ0n) is 26.3. The Morgan fingerprint density at radius 1 is 0.614 bits per heavy atom. The van der Waals surface area contributed by atoms with Crippen molar-refractivity contribution < 1.29 is 9.47 Å². The lowest BCUT2D eigenvalue weighted by Crippen LogP contribution is -2.57. The summed E-state index contributed by atoms with van der Waals surface area (Å²) in [6.45, 7) is 14.0. The molecule has 3 heterocycles. The lowest BCUT2D eigenvalue weighted by Gasteiger charge is -2.42. The Morgan fingerprint density at radius 2 is 1.14 bits per heavy atom. The monoisotopic (exact) mass is 574 g/mol. The van der Waals surface area contributed by atoms with Crippen LogP contribution in [0.25, 0.3) is 0 Å². The number of ether oxygens (including phenoxy) is 2. The van der Waals surface area contributed by atoms with E-state index in [4.69, 9.17) is 9.47 Å². The molecule has 0 saturated carbocycles. The van der Waals surface area contributed by atoms with Crippen LogP contribution in [0, 0.1) is 6.04 Å². The van der Waals surface area contributed by atoms with E-state index in [1.54, 1.807) is 0 Å². The molecule has 0 aliphatic carbocycles. The number of anilines is 1. The molecule has 0 spiro atoms. The van der Waals surface area contributed by atoms with Crippen molar-refractivity contribution in [2.45, 2.75) is 58.9 Å². The number of nitrogens with zero attached hydrogens (tertiary/aromatic N) is 1. The van der Waals surface area contributed by atoms with Crippen molar-refractivity contribution >= 4 is 28.8 Å². The van der Waals surface area contributed by atoms with Crippen molar-refractivity contribution in [1.82, 2.24) is 0 Å². The molecule has 5 aromatic carbocycles. The molecule has 0 saturated heterocycles. The van der Waals surface area contributed by atoms with Gasteiger partial charge >= 0.3 is 0 Å². The molecule has 3 aliphatic rings. The third-order valence-corrected chi connectivity index (χ3v) is 9.76. The molecule has 0 amide bonds. The van der Waals surface area contributed by atoms with E-state index in [-0.39, 0.29) is 12.3 Å². The maximum absolute atomic E-state index is 6.73. The minimum Gasteiger partial charge on any atom is -0.458 e. The highest BCUT2D eigenvalue weighted by atomic mass is 16.5. The maximum atomic E-state index is 6.73. The fraction of sp³-hybridized carbons (Fsp3) is 0.225. The van der Waals surface area contributed by atoms with Crippen LogP contribution in [-0.2, 0) is 5.54 Å². The van der Waals surface area contributed by atoms with Crippen LogP contribution in [0.1, 0.15) is 81.2 Å². The van der Waals surface area contributed by atoms with E-state index in [0.717, 1.165) is 34.0 Å². The Balaban J connectivity index is 1.40. The molecule has 0 bridgehead atoms. The molecule has 0 fully saturated rings. The Kier molecular flexibility index (Phi) is 6.04. The van der Waals surface area contributed by atoms with Crippen LogP contribution in [0.2, 0.25) is 0 Å². The van der Waals surface area contributed by atoms with Crippen LogP contribution in [-0.4, -0.2) is 6.71 Å². The fourth-order valence-corrected chi connectivity index (χ4v) is 7.72. The predicted molar refractivity (Wildman–Crippen MR) is 182 cm³/mol. The summed E-state index contributed by atoms with van der Waals surface area (Å²) in [7, 11) is 0. The van der Waals surface area contributed by atoms with Crippen molar-refractivity contribution in [1.29, 1.82) is 0 Å². The highest BCUT2D eigenvalue weighted by molar-refractivity contribution is 6.98. The lowest BCUT2D eigenvalue weighted by molar-refractivity contribution is 0.463. The van der Waals surface area contributed by atoms with Crippen molar-refractivity contribution in [3.8, 4) is 23.0 Å². The van der Waals surface area contributed by atoms with E-state index in [1.807, 2.05) is 0 Å². The molecule has 0 aromatic heterocycles. The minimum absolute atomic E-state index is 0.0616. The summed E-state index contributed by atoms with van der Waals surface area (Å²) in [5.41, 5.74) is 10.9. The summed E-state index contributed by atoms with van der Waals surface area (Å²) in [5.74, 6) is 4.29. The second kappa shape index (κ2) is 9.79. The summed E-state index contributed by atoms with van der Waals surface area (Å²) >= 11 is 0. The number of para-hydroxylation sites is 3. The number of hydrogen-bond acceptors (Lipinski definition) is 3. The van der Waals surface area contributed by atoms with Gasteiger partial charge in [-0.1, -0.05) is 107 Å². The number of rotatable bonds is 4. The van der Waals surface area contributed by atoms with E-state index < -0.39 is 0 Å². The zero-order chi connectivity index (χ0) is 30.3. The minimum atomic E-state index is -0.281. The van der Waals surface area contributed by atoms with Crippen LogP contribution < -0.4 is 30.8 Å². The third kappa shape index (κ3) is 3.83. The highest BCUT2D eigenvalue weighted by Crippen LogP contribution is 2.54. The highest BCUT2D eigenvalue weighted by Gasteiger charge is 2.48. The average molecular weight is 575 g/mol. The largest absolute Gasteiger partial charge is 0.458 e. The molecule has 8 rings (SSSR count). The van der Waals surface area contributed by atoms with Gasteiger partial charge in [0.25, 0.3) is 6.71 Å². The molecule has 5 aromatic rings. The molecular formula is C40H37BNO2. The molecule has 3 nitrogen and oxygen atoms in total. The Hall–Kier alpha value is -4.44. The van der Waals surface area contributed by atoms with E-state index in [1.165, 1.54) is 44.9 Å². The van der Waals surface area contributed by atoms with Gasteiger partial charge in [0.05, 0.1) is 5.54 Å².